The van der Waals surface area contributed by atoms with E-state index in [2.05, 4.69) is 0 Å². The van der Waals surface area contributed by atoms with E-state index in [1.807, 2.05) is 5.32 Å². The average molecular weight is 300 g/mol. The van der Waals surface area contributed by atoms with Gasteiger partial charge in [0.2, 0.25) is 11.8 Å². The molecule has 0 spiro atoms. The molecule has 0 unspecified atom stereocenters. The highest BCUT2D eigenvalue weighted by molar-refractivity contribution is 6.29. The first-order valence-corrected chi connectivity index (χ1v) is 5.92. The lowest BCUT2D eigenvalue weighted by Gasteiger charge is -2.34. The second-order valence-electron chi connectivity index (χ2n) is 5.07. The molecule has 1 saturated heterocycles. The number of benzene rings is 1. The van der Waals surface area contributed by atoms with Crippen molar-refractivity contribution in [1.82, 2.24) is 5.32 Å². The zero-order valence-corrected chi connectivity index (χ0v) is 11.1. The van der Waals surface area contributed by atoms with E-state index in [0.717, 1.165) is 12.1 Å². The topological polar surface area (TPSA) is 66.5 Å². The molecule has 21 heavy (non-hydrogen) atoms. The van der Waals surface area contributed by atoms with Crippen LogP contribution in [0.3, 0.4) is 0 Å². The summed E-state index contributed by atoms with van der Waals surface area (Å²) < 4.78 is 38.1. The van der Waals surface area contributed by atoms with Crippen LogP contribution in [0.1, 0.15) is 19.4 Å². The summed E-state index contributed by atoms with van der Waals surface area (Å²) in [5.74, 6) is -1.67. The minimum Gasteiger partial charge on any atom is -0.276 e. The summed E-state index contributed by atoms with van der Waals surface area (Å²) in [6, 6.07) is 2.72. The van der Waals surface area contributed by atoms with Crippen LogP contribution in [-0.2, 0) is 15.8 Å². The first kappa shape index (κ1) is 15.0. The molecule has 1 fully saturated rings. The predicted molar refractivity (Wildman–Crippen MR) is 66.2 cm³/mol. The molecule has 4 amide bonds. The van der Waals surface area contributed by atoms with E-state index in [9.17, 15) is 27.6 Å². The van der Waals surface area contributed by atoms with E-state index in [1.165, 1.54) is 19.9 Å². The smallest absolute Gasteiger partial charge is 0.276 e. The van der Waals surface area contributed by atoms with Crippen molar-refractivity contribution >= 4 is 23.5 Å². The van der Waals surface area contributed by atoms with Crippen LogP contribution in [0.15, 0.2) is 24.3 Å². The van der Waals surface area contributed by atoms with Crippen molar-refractivity contribution < 1.29 is 27.6 Å². The number of barbiturate groups is 1. The fourth-order valence-corrected chi connectivity index (χ4v) is 1.83. The Morgan fingerprint density at radius 1 is 1.14 bits per heavy atom. The Kier molecular flexibility index (Phi) is 3.27. The molecular formula is C13H11F3N2O3. The van der Waals surface area contributed by atoms with Gasteiger partial charge in [-0.1, -0.05) is 6.07 Å². The number of nitrogens with zero attached hydrogens (tertiary/aromatic N) is 1. The van der Waals surface area contributed by atoms with Gasteiger partial charge >= 0.3 is 12.2 Å². The molecule has 1 heterocycles. The van der Waals surface area contributed by atoms with Crippen molar-refractivity contribution in [2.45, 2.75) is 20.0 Å². The Morgan fingerprint density at radius 2 is 1.76 bits per heavy atom. The zero-order valence-electron chi connectivity index (χ0n) is 11.1. The predicted octanol–water partition coefficient (Wildman–Crippen LogP) is 2.31. The molecule has 1 N–H and O–H groups in total. The van der Waals surface area contributed by atoms with Crippen LogP contribution in [-0.4, -0.2) is 17.8 Å². The van der Waals surface area contributed by atoms with E-state index < -0.39 is 35.0 Å². The Balaban J connectivity index is 2.48. The lowest BCUT2D eigenvalue weighted by Crippen LogP contribution is -2.62. The normalized spacial score (nSPS) is 18.7. The summed E-state index contributed by atoms with van der Waals surface area (Å²) in [7, 11) is 0. The SMILES string of the molecule is CC1(C)C(=O)NC(=O)N(c2cccc(C(F)(F)F)c2)C1=O. The van der Waals surface area contributed by atoms with Gasteiger partial charge in [0.25, 0.3) is 0 Å². The number of rotatable bonds is 1. The minimum atomic E-state index is -4.60. The number of imide groups is 2. The van der Waals surface area contributed by atoms with Crippen molar-refractivity contribution in [1.29, 1.82) is 0 Å². The number of carbonyl (C=O) groups excluding carboxylic acids is 3. The highest BCUT2D eigenvalue weighted by Crippen LogP contribution is 2.33. The van der Waals surface area contributed by atoms with Crippen LogP contribution < -0.4 is 10.2 Å². The van der Waals surface area contributed by atoms with Crippen molar-refractivity contribution in [3.8, 4) is 0 Å². The third-order valence-corrected chi connectivity index (χ3v) is 3.16. The molecule has 0 aromatic heterocycles. The number of carbonyl (C=O) groups is 3. The molecule has 1 aromatic rings. The summed E-state index contributed by atoms with van der Waals surface area (Å²) in [6.07, 6.45) is -4.60. The van der Waals surface area contributed by atoms with E-state index >= 15 is 0 Å². The monoisotopic (exact) mass is 300 g/mol. The van der Waals surface area contributed by atoms with Gasteiger partial charge in [0.15, 0.2) is 0 Å². The molecule has 8 heteroatoms. The molecule has 0 atom stereocenters. The van der Waals surface area contributed by atoms with Gasteiger partial charge in [0.1, 0.15) is 5.41 Å². The van der Waals surface area contributed by atoms with Crippen LogP contribution in [0, 0.1) is 5.41 Å². The third kappa shape index (κ3) is 2.48. The van der Waals surface area contributed by atoms with Crippen LogP contribution in [0.2, 0.25) is 0 Å². The van der Waals surface area contributed by atoms with E-state index in [-0.39, 0.29) is 5.69 Å². The number of urea groups is 1. The molecule has 1 aliphatic rings. The summed E-state index contributed by atoms with van der Waals surface area (Å²) in [5.41, 5.74) is -2.77. The number of hydrogen-bond donors (Lipinski definition) is 1. The molecule has 5 nitrogen and oxygen atoms in total. The van der Waals surface area contributed by atoms with Gasteiger partial charge in [-0.3, -0.25) is 14.9 Å². The molecule has 112 valence electrons. The van der Waals surface area contributed by atoms with Crippen LogP contribution >= 0.6 is 0 Å². The van der Waals surface area contributed by atoms with Gasteiger partial charge in [0.05, 0.1) is 11.3 Å². The Bertz CT molecular complexity index is 638. The summed E-state index contributed by atoms with van der Waals surface area (Å²) in [5, 5.41) is 1.95. The molecule has 1 aliphatic heterocycles. The molecule has 0 radical (unpaired) electrons. The summed E-state index contributed by atoms with van der Waals surface area (Å²) >= 11 is 0. The second-order valence-corrected chi connectivity index (χ2v) is 5.07. The van der Waals surface area contributed by atoms with Gasteiger partial charge in [-0.15, -0.1) is 0 Å². The molecule has 2 rings (SSSR count). The molecule has 0 saturated carbocycles. The Hall–Kier alpha value is -2.38. The quantitative estimate of drug-likeness (QED) is 0.809. The number of nitrogens with one attached hydrogen (secondary N) is 1. The standard InChI is InChI=1S/C13H11F3N2O3/c1-12(2)9(19)17-11(21)18(10(12)20)8-5-3-4-7(6-8)13(14,15)16/h3-6H,1-2H3,(H,17,19,21). The number of hydrogen-bond acceptors (Lipinski definition) is 3. The van der Waals surface area contributed by atoms with Crippen molar-refractivity contribution in [2.75, 3.05) is 4.90 Å². The van der Waals surface area contributed by atoms with Gasteiger partial charge < -0.3 is 0 Å². The Labute approximate surface area is 117 Å². The second kappa shape index (κ2) is 4.57. The lowest BCUT2D eigenvalue weighted by molar-refractivity contribution is -0.141. The molecule has 0 bridgehead atoms. The largest absolute Gasteiger partial charge is 0.416 e. The van der Waals surface area contributed by atoms with Gasteiger partial charge in [-0.25, -0.2) is 9.69 Å². The van der Waals surface area contributed by atoms with Crippen molar-refractivity contribution in [3.63, 3.8) is 0 Å². The fourth-order valence-electron chi connectivity index (χ4n) is 1.83. The molecule has 0 aliphatic carbocycles. The molecular weight excluding hydrogens is 289 g/mol. The number of amides is 4. The maximum absolute atomic E-state index is 12.7. The Morgan fingerprint density at radius 3 is 2.33 bits per heavy atom. The number of alkyl halides is 3. The average Bonchev–Trinajstić information content (AvgIpc) is 2.36. The summed E-state index contributed by atoms with van der Waals surface area (Å²) in [6.45, 7) is 2.58. The maximum atomic E-state index is 12.7. The van der Waals surface area contributed by atoms with Crippen molar-refractivity contribution in [2.24, 2.45) is 5.41 Å². The first-order chi connectivity index (χ1) is 9.55. The van der Waals surface area contributed by atoms with E-state index in [1.54, 1.807) is 0 Å². The first-order valence-electron chi connectivity index (χ1n) is 5.92. The van der Waals surface area contributed by atoms with Gasteiger partial charge in [0, 0.05) is 0 Å². The van der Waals surface area contributed by atoms with Gasteiger partial charge in [-0.2, -0.15) is 13.2 Å². The van der Waals surface area contributed by atoms with Crippen LogP contribution in [0.4, 0.5) is 23.7 Å². The minimum absolute atomic E-state index is 0.243. The molecule has 1 aromatic carbocycles. The third-order valence-electron chi connectivity index (χ3n) is 3.16. The van der Waals surface area contributed by atoms with E-state index in [0.29, 0.717) is 11.0 Å². The van der Waals surface area contributed by atoms with Crippen molar-refractivity contribution in [3.05, 3.63) is 29.8 Å². The number of halogens is 3. The highest BCUT2D eigenvalue weighted by atomic mass is 19.4. The van der Waals surface area contributed by atoms with Gasteiger partial charge in [-0.05, 0) is 32.0 Å². The lowest BCUT2D eigenvalue weighted by atomic mass is 9.88. The van der Waals surface area contributed by atoms with Crippen LogP contribution in [0.5, 0.6) is 0 Å². The highest BCUT2D eigenvalue weighted by Gasteiger charge is 2.47. The van der Waals surface area contributed by atoms with E-state index in [4.69, 9.17) is 0 Å². The maximum Gasteiger partial charge on any atom is 0.416 e. The zero-order chi connectivity index (χ0) is 16.0. The summed E-state index contributed by atoms with van der Waals surface area (Å²) in [4.78, 5) is 36.1. The van der Waals surface area contributed by atoms with Crippen LogP contribution in [0.25, 0.3) is 0 Å². The fraction of sp³-hybridized carbons (Fsp3) is 0.308. The number of anilines is 1.